The molecule has 0 radical (unpaired) electrons. The summed E-state index contributed by atoms with van der Waals surface area (Å²) in [5.74, 6) is 4.82. The highest BCUT2D eigenvalue weighted by Crippen LogP contribution is 2.23. The first-order valence-corrected chi connectivity index (χ1v) is 14.5. The van der Waals surface area contributed by atoms with Gasteiger partial charge in [-0.2, -0.15) is 4.98 Å². The highest BCUT2D eigenvalue weighted by Gasteiger charge is 2.19. The molecule has 3 aromatic rings. The monoisotopic (exact) mass is 546 g/mol. The van der Waals surface area contributed by atoms with E-state index in [0.717, 1.165) is 12.1 Å². The van der Waals surface area contributed by atoms with Crippen molar-refractivity contribution >= 4 is 37.2 Å². The van der Waals surface area contributed by atoms with Crippen molar-refractivity contribution in [1.82, 2.24) is 14.7 Å². The normalized spacial score (nSPS) is 17.6. The third-order valence-corrected chi connectivity index (χ3v) is 8.71. The first kappa shape index (κ1) is 26.5. The lowest BCUT2D eigenvalue weighted by Gasteiger charge is -2.10. The van der Waals surface area contributed by atoms with Gasteiger partial charge in [0.2, 0.25) is 16.0 Å². The highest BCUT2D eigenvalue weighted by atomic mass is 32.2. The molecule has 0 fully saturated rings. The largest absolute Gasteiger partial charge is 0.369 e. The Labute approximate surface area is 214 Å². The summed E-state index contributed by atoms with van der Waals surface area (Å²) < 4.78 is 74.9. The van der Waals surface area contributed by atoms with Crippen LogP contribution in [0, 0.1) is 28.3 Å². The fourth-order valence-electron chi connectivity index (χ4n) is 3.50. The standard InChI is InChI=1S/C24H24F2N6O3S2/c25-18-9-10-21(26)22(14-18)37(34,35)30-12-2-1-6-17-16-29-24-31-19-7-5-8-20(15-19)36(27,33)13-4-3-11-28-23(17)32-24/h5,7-10,14-16,27,30H,2-4,11-13H2,(H2,28,29,31,32). The predicted octanol–water partition coefficient (Wildman–Crippen LogP) is 3.83. The van der Waals surface area contributed by atoms with Crippen LogP contribution in [-0.4, -0.2) is 41.4 Å². The fourth-order valence-corrected chi connectivity index (χ4v) is 6.08. The molecule has 0 saturated carbocycles. The molecule has 1 aromatic heterocycles. The van der Waals surface area contributed by atoms with Crippen LogP contribution >= 0.6 is 0 Å². The summed E-state index contributed by atoms with van der Waals surface area (Å²) in [5.41, 5.74) is 1.08. The van der Waals surface area contributed by atoms with Gasteiger partial charge in [0.1, 0.15) is 22.3 Å². The Morgan fingerprint density at radius 3 is 2.84 bits per heavy atom. The van der Waals surface area contributed by atoms with Gasteiger partial charge >= 0.3 is 0 Å². The maximum absolute atomic E-state index is 13.8. The van der Waals surface area contributed by atoms with E-state index in [0.29, 0.717) is 47.4 Å². The van der Waals surface area contributed by atoms with Crippen molar-refractivity contribution < 1.29 is 21.4 Å². The molecule has 194 valence electrons. The van der Waals surface area contributed by atoms with E-state index in [2.05, 4.69) is 37.2 Å². The molecule has 0 amide bonds. The lowest BCUT2D eigenvalue weighted by molar-refractivity contribution is 0.546. The van der Waals surface area contributed by atoms with Crippen LogP contribution in [-0.2, 0) is 19.8 Å². The first-order chi connectivity index (χ1) is 17.6. The number of nitrogens with zero attached hydrogens (tertiary/aromatic N) is 2. The van der Waals surface area contributed by atoms with Crippen LogP contribution in [0.5, 0.6) is 0 Å². The molecule has 1 aliphatic rings. The van der Waals surface area contributed by atoms with Crippen molar-refractivity contribution in [2.24, 2.45) is 0 Å². The second-order valence-electron chi connectivity index (χ2n) is 8.15. The Kier molecular flexibility index (Phi) is 8.01. The summed E-state index contributed by atoms with van der Waals surface area (Å²) in [5, 5.41) is 6.24. The van der Waals surface area contributed by atoms with Crippen LogP contribution in [0.1, 0.15) is 24.8 Å². The van der Waals surface area contributed by atoms with E-state index in [9.17, 15) is 21.4 Å². The van der Waals surface area contributed by atoms with E-state index >= 15 is 0 Å². The molecule has 4 rings (SSSR count). The number of hydrogen-bond acceptors (Lipinski definition) is 8. The van der Waals surface area contributed by atoms with Gasteiger partial charge < -0.3 is 10.6 Å². The number of sulfonamides is 1. The smallest absolute Gasteiger partial charge is 0.243 e. The van der Waals surface area contributed by atoms with Crippen molar-refractivity contribution in [3.8, 4) is 11.8 Å². The van der Waals surface area contributed by atoms with E-state index in [4.69, 9.17) is 4.78 Å². The van der Waals surface area contributed by atoms with E-state index in [1.54, 1.807) is 24.3 Å². The van der Waals surface area contributed by atoms with Crippen molar-refractivity contribution in [2.75, 3.05) is 29.5 Å². The van der Waals surface area contributed by atoms with Gasteiger partial charge in [-0.05, 0) is 49.2 Å². The molecule has 0 spiro atoms. The molecule has 2 heterocycles. The van der Waals surface area contributed by atoms with Crippen LogP contribution in [0.4, 0.5) is 26.2 Å². The van der Waals surface area contributed by atoms with E-state index in [1.165, 1.54) is 6.20 Å². The molecule has 0 saturated heterocycles. The number of aromatic nitrogens is 2. The van der Waals surface area contributed by atoms with Gasteiger partial charge in [0.25, 0.3) is 0 Å². The number of rotatable bonds is 4. The minimum Gasteiger partial charge on any atom is -0.369 e. The number of fused-ring (bicyclic) bond motifs is 4. The predicted molar refractivity (Wildman–Crippen MR) is 137 cm³/mol. The molecular formula is C24H24F2N6O3S2. The summed E-state index contributed by atoms with van der Waals surface area (Å²) >= 11 is 0. The van der Waals surface area contributed by atoms with Crippen LogP contribution in [0.2, 0.25) is 0 Å². The first-order valence-electron chi connectivity index (χ1n) is 11.3. The molecule has 1 aliphatic heterocycles. The molecule has 13 heteroatoms. The average Bonchev–Trinajstić information content (AvgIpc) is 2.86. The van der Waals surface area contributed by atoms with Crippen LogP contribution < -0.4 is 15.4 Å². The number of anilines is 3. The fraction of sp³-hybridized carbons (Fsp3) is 0.250. The van der Waals surface area contributed by atoms with Crippen molar-refractivity contribution in [3.63, 3.8) is 0 Å². The summed E-state index contributed by atoms with van der Waals surface area (Å²) in [6, 6.07) is 9.04. The second kappa shape index (κ2) is 11.2. The van der Waals surface area contributed by atoms with Crippen molar-refractivity contribution in [1.29, 1.82) is 4.78 Å². The maximum atomic E-state index is 13.8. The molecule has 1 atom stereocenters. The molecule has 2 aromatic carbocycles. The third-order valence-electron chi connectivity index (χ3n) is 5.36. The van der Waals surface area contributed by atoms with Gasteiger partial charge in [-0.25, -0.2) is 35.9 Å². The Morgan fingerprint density at radius 2 is 2.00 bits per heavy atom. The van der Waals surface area contributed by atoms with Crippen molar-refractivity contribution in [3.05, 3.63) is 65.9 Å². The molecule has 4 N–H and O–H groups in total. The minimum absolute atomic E-state index is 0.0975. The summed E-state index contributed by atoms with van der Waals surface area (Å²) in [7, 11) is -7.15. The zero-order chi connectivity index (χ0) is 26.5. The van der Waals surface area contributed by atoms with Gasteiger partial charge in [-0.15, -0.1) is 0 Å². The molecule has 37 heavy (non-hydrogen) atoms. The zero-order valence-corrected chi connectivity index (χ0v) is 21.2. The maximum Gasteiger partial charge on any atom is 0.243 e. The Morgan fingerprint density at radius 1 is 1.16 bits per heavy atom. The molecule has 4 bridgehead atoms. The van der Waals surface area contributed by atoms with E-state index in [-0.39, 0.29) is 24.7 Å². The van der Waals surface area contributed by atoms with Crippen LogP contribution in [0.25, 0.3) is 0 Å². The lowest BCUT2D eigenvalue weighted by atomic mass is 10.2. The summed E-state index contributed by atoms with van der Waals surface area (Å²) in [4.78, 5) is 8.44. The molecule has 0 aliphatic carbocycles. The molecule has 1 unspecified atom stereocenters. The van der Waals surface area contributed by atoms with Crippen molar-refractivity contribution in [2.45, 2.75) is 29.1 Å². The highest BCUT2D eigenvalue weighted by molar-refractivity contribution is 7.92. The molecular weight excluding hydrogens is 522 g/mol. The number of nitrogens with one attached hydrogen (secondary N) is 4. The third kappa shape index (κ3) is 6.79. The van der Waals surface area contributed by atoms with Gasteiger partial charge in [0, 0.05) is 35.8 Å². The summed E-state index contributed by atoms with van der Waals surface area (Å²) in [6.45, 7) is 0.397. The Hall–Kier alpha value is -3.60. The van der Waals surface area contributed by atoms with Gasteiger partial charge in [0.05, 0.1) is 21.5 Å². The van der Waals surface area contributed by atoms with E-state index < -0.39 is 36.3 Å². The number of benzene rings is 2. The lowest BCUT2D eigenvalue weighted by Crippen LogP contribution is -2.25. The zero-order valence-electron chi connectivity index (χ0n) is 19.6. The Balaban J connectivity index is 1.47. The van der Waals surface area contributed by atoms with Gasteiger partial charge in [-0.1, -0.05) is 17.9 Å². The van der Waals surface area contributed by atoms with Crippen LogP contribution in [0.3, 0.4) is 0 Å². The van der Waals surface area contributed by atoms with Gasteiger partial charge in [-0.3, -0.25) is 0 Å². The summed E-state index contributed by atoms with van der Waals surface area (Å²) in [6.07, 6.45) is 2.86. The Bertz CT molecular complexity index is 1590. The quantitative estimate of drug-likeness (QED) is 0.288. The topological polar surface area (TPSA) is 137 Å². The van der Waals surface area contributed by atoms with E-state index in [1.807, 2.05) is 0 Å². The SMILES string of the molecule is N=S1(=O)CCCCNc2nc(ncc2C#CCCNS(=O)(=O)c2cc(F)ccc2F)Nc2cccc1c2. The average molecular weight is 547 g/mol. The number of halogens is 2. The molecule has 9 nitrogen and oxygen atoms in total. The minimum atomic E-state index is -4.24. The number of hydrogen-bond donors (Lipinski definition) is 4. The van der Waals surface area contributed by atoms with Crippen LogP contribution in [0.15, 0.2) is 58.5 Å². The van der Waals surface area contributed by atoms with Gasteiger partial charge in [0.15, 0.2) is 0 Å². The second-order valence-corrected chi connectivity index (χ2v) is 12.1.